The lowest BCUT2D eigenvalue weighted by Gasteiger charge is -2.05. The minimum absolute atomic E-state index is 0.181. The Bertz CT molecular complexity index is 725. The van der Waals surface area contributed by atoms with Crippen molar-refractivity contribution in [3.05, 3.63) is 66.4 Å². The van der Waals surface area contributed by atoms with Crippen LogP contribution >= 0.6 is 11.6 Å². The zero-order valence-electron chi connectivity index (χ0n) is 10.5. The van der Waals surface area contributed by atoms with Crippen molar-refractivity contribution in [3.63, 3.8) is 0 Å². The maximum Gasteiger partial charge on any atom is 0.157 e. The Morgan fingerprint density at radius 3 is 2.65 bits per heavy atom. The van der Waals surface area contributed by atoms with Crippen LogP contribution in [0.5, 0.6) is 0 Å². The van der Waals surface area contributed by atoms with Gasteiger partial charge < -0.3 is 0 Å². The molecule has 0 saturated heterocycles. The van der Waals surface area contributed by atoms with Crippen LogP contribution in [0.2, 0.25) is 0 Å². The molecular formula is C15H11ClFN3. The molecule has 2 aromatic heterocycles. The fourth-order valence-corrected chi connectivity index (χ4v) is 2.19. The Kier molecular flexibility index (Phi) is 3.48. The zero-order valence-corrected chi connectivity index (χ0v) is 11.3. The van der Waals surface area contributed by atoms with E-state index in [1.54, 1.807) is 10.9 Å². The van der Waals surface area contributed by atoms with Crippen LogP contribution in [0.15, 0.2) is 55.0 Å². The van der Waals surface area contributed by atoms with Crippen molar-refractivity contribution in [2.75, 3.05) is 0 Å². The molecule has 0 amide bonds. The van der Waals surface area contributed by atoms with E-state index in [2.05, 4.69) is 10.1 Å². The SMILES string of the molecule is Fc1cnc(-n2cc(-c3ccccc3)cn2)c(CCl)c1. The first-order valence-corrected chi connectivity index (χ1v) is 6.62. The molecule has 0 aliphatic rings. The first kappa shape index (κ1) is 12.8. The zero-order chi connectivity index (χ0) is 13.9. The maximum atomic E-state index is 13.2. The van der Waals surface area contributed by atoms with E-state index in [1.165, 1.54) is 6.07 Å². The number of pyridine rings is 1. The predicted molar refractivity (Wildman–Crippen MR) is 76.3 cm³/mol. The average Bonchev–Trinajstić information content (AvgIpc) is 2.97. The van der Waals surface area contributed by atoms with Gasteiger partial charge in [-0.25, -0.2) is 14.1 Å². The quantitative estimate of drug-likeness (QED) is 0.686. The van der Waals surface area contributed by atoms with Crippen molar-refractivity contribution in [1.29, 1.82) is 0 Å². The summed E-state index contributed by atoms with van der Waals surface area (Å²) >= 11 is 5.83. The Balaban J connectivity index is 2.02. The Morgan fingerprint density at radius 1 is 1.10 bits per heavy atom. The summed E-state index contributed by atoms with van der Waals surface area (Å²) in [4.78, 5) is 4.07. The van der Waals surface area contributed by atoms with Gasteiger partial charge in [0.25, 0.3) is 0 Å². The summed E-state index contributed by atoms with van der Waals surface area (Å²) in [6.07, 6.45) is 4.76. The van der Waals surface area contributed by atoms with Gasteiger partial charge in [-0.2, -0.15) is 5.10 Å². The lowest BCUT2D eigenvalue weighted by Crippen LogP contribution is -2.02. The normalized spacial score (nSPS) is 10.7. The summed E-state index contributed by atoms with van der Waals surface area (Å²) in [6.45, 7) is 0. The van der Waals surface area contributed by atoms with Gasteiger partial charge in [-0.05, 0) is 11.6 Å². The van der Waals surface area contributed by atoms with Gasteiger partial charge in [0.15, 0.2) is 5.82 Å². The van der Waals surface area contributed by atoms with Crippen LogP contribution in [0, 0.1) is 5.82 Å². The second-order valence-corrected chi connectivity index (χ2v) is 4.58. The summed E-state index contributed by atoms with van der Waals surface area (Å²) in [7, 11) is 0. The predicted octanol–water partition coefficient (Wildman–Crippen LogP) is 3.81. The second-order valence-electron chi connectivity index (χ2n) is 4.31. The Labute approximate surface area is 120 Å². The third-order valence-corrected chi connectivity index (χ3v) is 3.25. The molecule has 0 spiro atoms. The Morgan fingerprint density at radius 2 is 1.90 bits per heavy atom. The fraction of sp³-hybridized carbons (Fsp3) is 0.0667. The summed E-state index contributed by atoms with van der Waals surface area (Å²) in [6, 6.07) is 11.3. The minimum Gasteiger partial charge on any atom is -0.234 e. The van der Waals surface area contributed by atoms with E-state index in [1.807, 2.05) is 36.5 Å². The van der Waals surface area contributed by atoms with Crippen LogP contribution in [0.25, 0.3) is 16.9 Å². The van der Waals surface area contributed by atoms with Crippen LogP contribution < -0.4 is 0 Å². The van der Waals surface area contributed by atoms with Crippen LogP contribution in [-0.2, 0) is 5.88 Å². The largest absolute Gasteiger partial charge is 0.234 e. The lowest BCUT2D eigenvalue weighted by atomic mass is 10.1. The standard InChI is InChI=1S/C15H11ClFN3/c16-7-12-6-14(17)9-18-15(12)20-10-13(8-19-20)11-4-2-1-3-5-11/h1-6,8-10H,7H2. The summed E-state index contributed by atoms with van der Waals surface area (Å²) in [5, 5.41) is 4.27. The highest BCUT2D eigenvalue weighted by Gasteiger charge is 2.09. The van der Waals surface area contributed by atoms with E-state index in [0.717, 1.165) is 17.3 Å². The molecule has 3 nitrogen and oxygen atoms in total. The van der Waals surface area contributed by atoms with Gasteiger partial charge in [0, 0.05) is 17.3 Å². The Hall–Kier alpha value is -2.20. The van der Waals surface area contributed by atoms with Gasteiger partial charge in [0.1, 0.15) is 5.82 Å². The van der Waals surface area contributed by atoms with E-state index in [0.29, 0.717) is 11.4 Å². The smallest absolute Gasteiger partial charge is 0.157 e. The first-order chi connectivity index (χ1) is 9.78. The number of rotatable bonds is 3. The minimum atomic E-state index is -0.403. The molecule has 0 saturated carbocycles. The number of nitrogens with zero attached hydrogens (tertiary/aromatic N) is 3. The van der Waals surface area contributed by atoms with Gasteiger partial charge in [-0.1, -0.05) is 30.3 Å². The van der Waals surface area contributed by atoms with Crippen LogP contribution in [0.3, 0.4) is 0 Å². The molecule has 3 aromatic rings. The molecule has 0 radical (unpaired) electrons. The van der Waals surface area contributed by atoms with Crippen LogP contribution in [0.1, 0.15) is 5.56 Å². The number of aromatic nitrogens is 3. The van der Waals surface area contributed by atoms with Crippen LogP contribution in [0.4, 0.5) is 4.39 Å². The van der Waals surface area contributed by atoms with E-state index in [4.69, 9.17) is 11.6 Å². The molecule has 0 atom stereocenters. The van der Waals surface area contributed by atoms with Crippen molar-refractivity contribution in [3.8, 4) is 16.9 Å². The third kappa shape index (κ3) is 2.42. The highest BCUT2D eigenvalue weighted by atomic mass is 35.5. The highest BCUT2D eigenvalue weighted by Crippen LogP contribution is 2.21. The molecule has 100 valence electrons. The van der Waals surface area contributed by atoms with Gasteiger partial charge in [0.05, 0.1) is 18.3 Å². The van der Waals surface area contributed by atoms with E-state index >= 15 is 0 Å². The lowest BCUT2D eigenvalue weighted by molar-refractivity contribution is 0.617. The molecule has 0 N–H and O–H groups in total. The van der Waals surface area contributed by atoms with Crippen molar-refractivity contribution in [2.45, 2.75) is 5.88 Å². The van der Waals surface area contributed by atoms with E-state index < -0.39 is 5.82 Å². The highest BCUT2D eigenvalue weighted by molar-refractivity contribution is 6.17. The number of benzene rings is 1. The molecule has 0 fully saturated rings. The monoisotopic (exact) mass is 287 g/mol. The topological polar surface area (TPSA) is 30.7 Å². The molecule has 1 aromatic carbocycles. The van der Waals surface area contributed by atoms with Crippen LogP contribution in [-0.4, -0.2) is 14.8 Å². The molecule has 0 aliphatic carbocycles. The first-order valence-electron chi connectivity index (χ1n) is 6.09. The number of halogens is 2. The van der Waals surface area contributed by atoms with E-state index in [-0.39, 0.29) is 5.88 Å². The second kappa shape index (κ2) is 5.43. The van der Waals surface area contributed by atoms with Gasteiger partial charge in [0.2, 0.25) is 0 Å². The van der Waals surface area contributed by atoms with Crippen molar-refractivity contribution >= 4 is 11.6 Å². The molecule has 2 heterocycles. The van der Waals surface area contributed by atoms with Gasteiger partial charge in [-0.3, -0.25) is 0 Å². The number of hydrogen-bond donors (Lipinski definition) is 0. The fourth-order valence-electron chi connectivity index (χ4n) is 2.00. The molecule has 0 unspecified atom stereocenters. The van der Waals surface area contributed by atoms with Gasteiger partial charge in [-0.15, -0.1) is 11.6 Å². The summed E-state index contributed by atoms with van der Waals surface area (Å²) in [5.41, 5.74) is 2.64. The molecule has 5 heteroatoms. The van der Waals surface area contributed by atoms with Crippen molar-refractivity contribution < 1.29 is 4.39 Å². The molecule has 3 rings (SSSR count). The third-order valence-electron chi connectivity index (χ3n) is 2.96. The number of hydrogen-bond acceptors (Lipinski definition) is 2. The van der Waals surface area contributed by atoms with Crippen molar-refractivity contribution in [1.82, 2.24) is 14.8 Å². The average molecular weight is 288 g/mol. The molecule has 20 heavy (non-hydrogen) atoms. The molecular weight excluding hydrogens is 277 g/mol. The van der Waals surface area contributed by atoms with Crippen molar-refractivity contribution in [2.24, 2.45) is 0 Å². The number of alkyl halides is 1. The van der Waals surface area contributed by atoms with Gasteiger partial charge >= 0.3 is 0 Å². The summed E-state index contributed by atoms with van der Waals surface area (Å²) < 4.78 is 14.8. The molecule has 0 bridgehead atoms. The summed E-state index contributed by atoms with van der Waals surface area (Å²) in [5.74, 6) is 0.323. The van der Waals surface area contributed by atoms with E-state index in [9.17, 15) is 4.39 Å². The molecule has 0 aliphatic heterocycles. The maximum absolute atomic E-state index is 13.2.